The van der Waals surface area contributed by atoms with E-state index in [2.05, 4.69) is 20.8 Å². The van der Waals surface area contributed by atoms with Crippen LogP contribution in [-0.2, 0) is 0 Å². The van der Waals surface area contributed by atoms with Gasteiger partial charge in [0.2, 0.25) is 0 Å². The maximum absolute atomic E-state index is 3.93. The van der Waals surface area contributed by atoms with E-state index in [1.807, 2.05) is 0 Å². The van der Waals surface area contributed by atoms with Crippen molar-refractivity contribution in [2.24, 2.45) is 5.92 Å². The Kier molecular flexibility index (Phi) is 26.0. The summed E-state index contributed by atoms with van der Waals surface area (Å²) in [6.45, 7) is 8.69. The molecule has 0 spiro atoms. The highest BCUT2D eigenvalue weighted by atomic mass is 14.1. The molecule has 0 fully saturated rings. The summed E-state index contributed by atoms with van der Waals surface area (Å²) in [5, 5.41) is 0. The molecule has 0 aromatic carbocycles. The van der Waals surface area contributed by atoms with Gasteiger partial charge in [-0.3, -0.25) is 0 Å². The van der Waals surface area contributed by atoms with Gasteiger partial charge in [-0.2, -0.15) is 0 Å². The van der Waals surface area contributed by atoms with Crippen LogP contribution in [0.15, 0.2) is 0 Å². The minimum absolute atomic E-state index is 0.950. The van der Waals surface area contributed by atoms with E-state index < -0.39 is 0 Å². The molecule has 0 heteroatoms. The fourth-order valence-electron chi connectivity index (χ4n) is 4.56. The van der Waals surface area contributed by atoms with Crippen molar-refractivity contribution in [2.45, 2.75) is 174 Å². The summed E-state index contributed by atoms with van der Waals surface area (Å²) in [6, 6.07) is 0. The molecule has 175 valence electrons. The molecule has 0 rings (SSSR count). The van der Waals surface area contributed by atoms with Gasteiger partial charge in [-0.15, -0.1) is 0 Å². The van der Waals surface area contributed by atoms with Crippen LogP contribution in [0.5, 0.6) is 0 Å². The van der Waals surface area contributed by atoms with E-state index >= 15 is 0 Å². The van der Waals surface area contributed by atoms with Gasteiger partial charge in [-0.1, -0.05) is 181 Å². The summed E-state index contributed by atoms with van der Waals surface area (Å²) in [4.78, 5) is 0. The third-order valence-electron chi connectivity index (χ3n) is 6.75. The summed E-state index contributed by atoms with van der Waals surface area (Å²) in [5.41, 5.74) is 0. The van der Waals surface area contributed by atoms with Crippen LogP contribution < -0.4 is 0 Å². The molecule has 0 amide bonds. The lowest BCUT2D eigenvalue weighted by molar-refractivity contribution is 0.434. The van der Waals surface area contributed by atoms with Crippen LogP contribution in [0.2, 0.25) is 0 Å². The molecule has 0 aliphatic rings. The molecular formula is C29H59. The number of hydrogen-bond acceptors (Lipinski definition) is 0. The van der Waals surface area contributed by atoms with Crippen LogP contribution in [0.1, 0.15) is 174 Å². The van der Waals surface area contributed by atoms with Crippen molar-refractivity contribution >= 4 is 0 Å². The summed E-state index contributed by atoms with van der Waals surface area (Å²) >= 11 is 0. The van der Waals surface area contributed by atoms with Crippen molar-refractivity contribution in [1.82, 2.24) is 0 Å². The Hall–Kier alpha value is 0. The van der Waals surface area contributed by atoms with E-state index in [1.54, 1.807) is 0 Å². The monoisotopic (exact) mass is 407 g/mol. The highest BCUT2D eigenvalue weighted by Gasteiger charge is 2.02. The molecule has 0 saturated carbocycles. The maximum atomic E-state index is 3.93. The second kappa shape index (κ2) is 26.0. The first-order valence-electron chi connectivity index (χ1n) is 14.1. The lowest BCUT2D eigenvalue weighted by atomic mass is 9.96. The number of rotatable bonds is 25. The van der Waals surface area contributed by atoms with E-state index in [4.69, 9.17) is 0 Å². The van der Waals surface area contributed by atoms with Gasteiger partial charge in [0.15, 0.2) is 0 Å². The summed E-state index contributed by atoms with van der Waals surface area (Å²) in [5.74, 6) is 0.950. The number of unbranched alkanes of at least 4 members (excludes halogenated alkanes) is 21. The topological polar surface area (TPSA) is 0 Å². The van der Waals surface area contributed by atoms with Crippen LogP contribution >= 0.6 is 0 Å². The second-order valence-corrected chi connectivity index (χ2v) is 9.96. The van der Waals surface area contributed by atoms with Gasteiger partial charge >= 0.3 is 0 Å². The van der Waals surface area contributed by atoms with Crippen molar-refractivity contribution in [3.8, 4) is 0 Å². The van der Waals surface area contributed by atoms with Gasteiger partial charge in [0.05, 0.1) is 0 Å². The molecule has 0 aromatic rings. The Balaban J connectivity index is 3.06. The smallest absolute Gasteiger partial charge is 0.0443 e. The zero-order valence-electron chi connectivity index (χ0n) is 21.0. The first kappa shape index (κ1) is 29.0. The predicted molar refractivity (Wildman–Crippen MR) is 136 cm³/mol. The average molecular weight is 408 g/mol. The minimum Gasteiger partial charge on any atom is -0.0654 e. The molecule has 1 unspecified atom stereocenters. The van der Waals surface area contributed by atoms with Crippen LogP contribution in [0.3, 0.4) is 0 Å². The van der Waals surface area contributed by atoms with E-state index in [1.165, 1.54) is 154 Å². The molecule has 1 radical (unpaired) electrons. The molecule has 0 bridgehead atoms. The Labute approximate surface area is 187 Å². The third kappa shape index (κ3) is 26.0. The largest absolute Gasteiger partial charge is 0.0654 e. The van der Waals surface area contributed by atoms with E-state index in [0.717, 1.165) is 12.3 Å². The van der Waals surface area contributed by atoms with Gasteiger partial charge in [0.25, 0.3) is 0 Å². The molecule has 0 nitrogen and oxygen atoms in total. The lowest BCUT2D eigenvalue weighted by Crippen LogP contribution is -1.95. The second-order valence-electron chi connectivity index (χ2n) is 9.96. The molecular weight excluding hydrogens is 348 g/mol. The standard InChI is InChI=1S/C29H59/c1-4-6-8-10-11-12-13-14-15-16-17-18-19-20-21-22-23-24-26-28-29(3)27-25-9-7-5-2/h29H,2,4-28H2,1,3H3. The SMILES string of the molecule is [CH2]CCCCCC(C)CCCCCCCCCCCCCCCCCCCCC. The molecule has 0 aliphatic heterocycles. The zero-order chi connectivity index (χ0) is 21.3. The fraction of sp³-hybridized carbons (Fsp3) is 0.966. The molecule has 0 aliphatic carbocycles. The molecule has 1 atom stereocenters. The molecule has 0 heterocycles. The lowest BCUT2D eigenvalue weighted by Gasteiger charge is -2.10. The Morgan fingerprint density at radius 1 is 0.414 bits per heavy atom. The van der Waals surface area contributed by atoms with Gasteiger partial charge in [-0.25, -0.2) is 0 Å². The number of hydrogen-bond donors (Lipinski definition) is 0. The fourth-order valence-corrected chi connectivity index (χ4v) is 4.56. The molecule has 0 aromatic heterocycles. The summed E-state index contributed by atoms with van der Waals surface area (Å²) < 4.78 is 0. The van der Waals surface area contributed by atoms with Crippen LogP contribution in [0.25, 0.3) is 0 Å². The quantitative estimate of drug-likeness (QED) is 0.132. The Bertz CT molecular complexity index is 269. The van der Waals surface area contributed by atoms with Gasteiger partial charge in [-0.05, 0) is 5.92 Å². The van der Waals surface area contributed by atoms with Gasteiger partial charge in [0, 0.05) is 0 Å². The minimum atomic E-state index is 0.950. The van der Waals surface area contributed by atoms with Crippen molar-refractivity contribution in [2.75, 3.05) is 0 Å². The molecule has 29 heavy (non-hydrogen) atoms. The highest BCUT2D eigenvalue weighted by molar-refractivity contribution is 4.56. The van der Waals surface area contributed by atoms with Crippen molar-refractivity contribution in [1.29, 1.82) is 0 Å². The normalized spacial score (nSPS) is 12.5. The van der Waals surface area contributed by atoms with E-state index in [0.29, 0.717) is 0 Å². The summed E-state index contributed by atoms with van der Waals surface area (Å²) in [7, 11) is 0. The van der Waals surface area contributed by atoms with Crippen LogP contribution in [0, 0.1) is 12.8 Å². The van der Waals surface area contributed by atoms with Crippen molar-refractivity contribution < 1.29 is 0 Å². The average Bonchev–Trinajstić information content (AvgIpc) is 2.73. The Morgan fingerprint density at radius 3 is 1.00 bits per heavy atom. The van der Waals surface area contributed by atoms with E-state index in [-0.39, 0.29) is 0 Å². The van der Waals surface area contributed by atoms with E-state index in [9.17, 15) is 0 Å². The Morgan fingerprint density at radius 2 is 0.690 bits per heavy atom. The maximum Gasteiger partial charge on any atom is -0.0443 e. The van der Waals surface area contributed by atoms with Crippen molar-refractivity contribution in [3.05, 3.63) is 6.92 Å². The van der Waals surface area contributed by atoms with Crippen molar-refractivity contribution in [3.63, 3.8) is 0 Å². The zero-order valence-corrected chi connectivity index (χ0v) is 21.0. The first-order chi connectivity index (χ1) is 14.3. The van der Waals surface area contributed by atoms with Crippen LogP contribution in [-0.4, -0.2) is 0 Å². The molecule has 0 saturated heterocycles. The highest BCUT2D eigenvalue weighted by Crippen LogP contribution is 2.18. The predicted octanol–water partition coefficient (Wildman–Crippen LogP) is 11.2. The van der Waals surface area contributed by atoms with Gasteiger partial charge in [0.1, 0.15) is 0 Å². The third-order valence-corrected chi connectivity index (χ3v) is 6.75. The van der Waals surface area contributed by atoms with Gasteiger partial charge < -0.3 is 0 Å². The van der Waals surface area contributed by atoms with Crippen LogP contribution in [0.4, 0.5) is 0 Å². The first-order valence-corrected chi connectivity index (χ1v) is 14.1. The molecule has 0 N–H and O–H groups in total. The summed E-state index contributed by atoms with van der Waals surface area (Å²) in [6.07, 6.45) is 36.2.